The van der Waals surface area contributed by atoms with Crippen molar-refractivity contribution < 1.29 is 4.79 Å². The quantitative estimate of drug-likeness (QED) is 0.607. The zero-order valence-electron chi connectivity index (χ0n) is 13.9. The Kier molecular flexibility index (Phi) is 5.57. The van der Waals surface area contributed by atoms with Crippen LogP contribution in [0.25, 0.3) is 6.08 Å². The lowest BCUT2D eigenvalue weighted by Gasteiger charge is -2.23. The van der Waals surface area contributed by atoms with Crippen LogP contribution in [0.3, 0.4) is 0 Å². The van der Waals surface area contributed by atoms with Gasteiger partial charge in [-0.25, -0.2) is 0 Å². The van der Waals surface area contributed by atoms with Crippen LogP contribution in [0.15, 0.2) is 48.3 Å². The highest BCUT2D eigenvalue weighted by molar-refractivity contribution is 6.31. The van der Waals surface area contributed by atoms with Gasteiger partial charge in [-0.15, -0.1) is 0 Å². The molecule has 0 atom stereocenters. The van der Waals surface area contributed by atoms with Crippen LogP contribution in [0.2, 0.25) is 5.02 Å². The number of halogens is 1. The molecule has 1 aromatic heterocycles. The second-order valence-corrected chi connectivity index (χ2v) is 6.75. The molecule has 1 aliphatic carbocycles. The average molecular weight is 354 g/mol. The molecule has 0 aliphatic heterocycles. The summed E-state index contributed by atoms with van der Waals surface area (Å²) in [5.74, 6) is -0.435. The van der Waals surface area contributed by atoms with Crippen molar-refractivity contribution in [2.45, 2.75) is 38.1 Å². The SMILES string of the molecule is N#C/C(=C\c1ccn(C2CCCCC2)c1)C(=O)Nc1cccc(Cl)c1. The molecule has 4 nitrogen and oxygen atoms in total. The van der Waals surface area contributed by atoms with Crippen LogP contribution in [0.5, 0.6) is 0 Å². The summed E-state index contributed by atoms with van der Waals surface area (Å²) in [6.45, 7) is 0. The topological polar surface area (TPSA) is 57.8 Å². The first-order chi connectivity index (χ1) is 12.2. The van der Waals surface area contributed by atoms with Crippen LogP contribution in [-0.2, 0) is 4.79 Å². The molecule has 0 saturated heterocycles. The van der Waals surface area contributed by atoms with Gasteiger partial charge in [-0.05, 0) is 48.7 Å². The normalized spacial score (nSPS) is 15.6. The van der Waals surface area contributed by atoms with Crippen molar-refractivity contribution >= 4 is 29.3 Å². The summed E-state index contributed by atoms with van der Waals surface area (Å²) in [6, 6.07) is 11.3. The zero-order chi connectivity index (χ0) is 17.6. The maximum absolute atomic E-state index is 12.3. The summed E-state index contributed by atoms with van der Waals surface area (Å²) >= 11 is 5.91. The Morgan fingerprint density at radius 1 is 1.28 bits per heavy atom. The molecule has 1 fully saturated rings. The Labute approximate surface area is 152 Å². The van der Waals surface area contributed by atoms with Crippen molar-refractivity contribution in [1.29, 1.82) is 5.26 Å². The van der Waals surface area contributed by atoms with Gasteiger partial charge in [0.25, 0.3) is 5.91 Å². The third kappa shape index (κ3) is 4.52. The van der Waals surface area contributed by atoms with E-state index in [0.29, 0.717) is 16.8 Å². The third-order valence-corrected chi connectivity index (χ3v) is 4.73. The first kappa shape index (κ1) is 17.3. The van der Waals surface area contributed by atoms with E-state index in [-0.39, 0.29) is 5.57 Å². The Hall–Kier alpha value is -2.51. The molecule has 1 amide bonds. The maximum atomic E-state index is 12.3. The van der Waals surface area contributed by atoms with Gasteiger partial charge < -0.3 is 9.88 Å². The van der Waals surface area contributed by atoms with Gasteiger partial charge in [0, 0.05) is 29.1 Å². The number of rotatable bonds is 4. The van der Waals surface area contributed by atoms with E-state index in [4.69, 9.17) is 11.6 Å². The second kappa shape index (κ2) is 8.04. The summed E-state index contributed by atoms with van der Waals surface area (Å²) in [4.78, 5) is 12.3. The molecule has 1 N–H and O–H groups in total. The number of nitriles is 1. The first-order valence-electron chi connectivity index (χ1n) is 8.52. The van der Waals surface area contributed by atoms with E-state index in [0.717, 1.165) is 5.56 Å². The van der Waals surface area contributed by atoms with Crippen LogP contribution in [0.1, 0.15) is 43.7 Å². The standard InChI is InChI=1S/C20H20ClN3O/c21-17-5-4-6-18(12-17)23-20(25)16(13-22)11-15-9-10-24(14-15)19-7-2-1-3-8-19/h4-6,9-12,14,19H,1-3,7-8H2,(H,23,25)/b16-11+. The molecular formula is C20H20ClN3O. The molecular weight excluding hydrogens is 334 g/mol. The Bertz CT molecular complexity index is 825. The summed E-state index contributed by atoms with van der Waals surface area (Å²) in [5, 5.41) is 12.6. The van der Waals surface area contributed by atoms with Crippen molar-refractivity contribution in [3.8, 4) is 6.07 Å². The fraction of sp³-hybridized carbons (Fsp3) is 0.300. The maximum Gasteiger partial charge on any atom is 0.266 e. The summed E-state index contributed by atoms with van der Waals surface area (Å²) in [7, 11) is 0. The van der Waals surface area contributed by atoms with E-state index < -0.39 is 5.91 Å². The monoisotopic (exact) mass is 353 g/mol. The van der Waals surface area contributed by atoms with E-state index in [1.807, 2.05) is 24.5 Å². The van der Waals surface area contributed by atoms with Gasteiger partial charge in [0.15, 0.2) is 0 Å². The number of aromatic nitrogens is 1. The van der Waals surface area contributed by atoms with Crippen molar-refractivity contribution in [2.75, 3.05) is 5.32 Å². The molecule has 2 aromatic rings. The number of nitrogens with zero attached hydrogens (tertiary/aromatic N) is 2. The van der Waals surface area contributed by atoms with Crippen molar-refractivity contribution in [3.05, 3.63) is 58.9 Å². The molecule has 0 bridgehead atoms. The molecule has 25 heavy (non-hydrogen) atoms. The number of anilines is 1. The predicted molar refractivity (Wildman–Crippen MR) is 100 cm³/mol. The molecule has 128 valence electrons. The van der Waals surface area contributed by atoms with E-state index in [1.165, 1.54) is 32.1 Å². The zero-order valence-corrected chi connectivity index (χ0v) is 14.7. The highest BCUT2D eigenvalue weighted by Crippen LogP contribution is 2.28. The first-order valence-corrected chi connectivity index (χ1v) is 8.90. The minimum absolute atomic E-state index is 0.0707. The Balaban J connectivity index is 1.72. The van der Waals surface area contributed by atoms with Gasteiger partial charge in [0.05, 0.1) is 0 Å². The average Bonchev–Trinajstić information content (AvgIpc) is 3.09. The highest BCUT2D eigenvalue weighted by atomic mass is 35.5. The van der Waals surface area contributed by atoms with Gasteiger partial charge in [-0.1, -0.05) is 36.9 Å². The fourth-order valence-electron chi connectivity index (χ4n) is 3.20. The molecule has 1 saturated carbocycles. The number of hydrogen-bond acceptors (Lipinski definition) is 2. The molecule has 1 aromatic carbocycles. The van der Waals surface area contributed by atoms with Gasteiger partial charge in [-0.2, -0.15) is 5.26 Å². The smallest absolute Gasteiger partial charge is 0.266 e. The van der Waals surface area contributed by atoms with Crippen LogP contribution >= 0.6 is 11.6 Å². The van der Waals surface area contributed by atoms with Crippen molar-refractivity contribution in [2.24, 2.45) is 0 Å². The van der Waals surface area contributed by atoms with Gasteiger partial charge in [0.2, 0.25) is 0 Å². The van der Waals surface area contributed by atoms with Gasteiger partial charge >= 0.3 is 0 Å². The number of benzene rings is 1. The molecule has 1 heterocycles. The number of nitrogens with one attached hydrogen (secondary N) is 1. The highest BCUT2D eigenvalue weighted by Gasteiger charge is 2.15. The van der Waals surface area contributed by atoms with Gasteiger partial charge in [-0.3, -0.25) is 4.79 Å². The van der Waals surface area contributed by atoms with Crippen molar-refractivity contribution in [1.82, 2.24) is 4.57 Å². The summed E-state index contributed by atoms with van der Waals surface area (Å²) in [6.07, 6.45) is 11.9. The van der Waals surface area contributed by atoms with E-state index >= 15 is 0 Å². The van der Waals surface area contributed by atoms with E-state index in [1.54, 1.807) is 30.3 Å². The number of carbonyl (C=O) groups is 1. The lowest BCUT2D eigenvalue weighted by molar-refractivity contribution is -0.112. The molecule has 0 unspecified atom stereocenters. The minimum Gasteiger partial charge on any atom is -0.351 e. The Morgan fingerprint density at radius 3 is 2.80 bits per heavy atom. The molecule has 3 rings (SSSR count). The largest absolute Gasteiger partial charge is 0.351 e. The van der Waals surface area contributed by atoms with Crippen LogP contribution in [0.4, 0.5) is 5.69 Å². The molecule has 0 radical (unpaired) electrons. The second-order valence-electron chi connectivity index (χ2n) is 6.32. The minimum atomic E-state index is -0.435. The van der Waals surface area contributed by atoms with Gasteiger partial charge in [0.1, 0.15) is 11.6 Å². The van der Waals surface area contributed by atoms with E-state index in [9.17, 15) is 10.1 Å². The van der Waals surface area contributed by atoms with Crippen LogP contribution in [0, 0.1) is 11.3 Å². The van der Waals surface area contributed by atoms with Crippen molar-refractivity contribution in [3.63, 3.8) is 0 Å². The van der Waals surface area contributed by atoms with Crippen LogP contribution < -0.4 is 5.32 Å². The Morgan fingerprint density at radius 2 is 2.08 bits per heavy atom. The van der Waals surface area contributed by atoms with Crippen LogP contribution in [-0.4, -0.2) is 10.5 Å². The summed E-state index contributed by atoms with van der Waals surface area (Å²) < 4.78 is 2.20. The lowest BCUT2D eigenvalue weighted by atomic mass is 9.95. The number of hydrogen-bond donors (Lipinski definition) is 1. The number of amides is 1. The lowest BCUT2D eigenvalue weighted by Crippen LogP contribution is -2.13. The van der Waals surface area contributed by atoms with E-state index in [2.05, 4.69) is 9.88 Å². The number of carbonyl (C=O) groups excluding carboxylic acids is 1. The molecule has 5 heteroatoms. The predicted octanol–water partition coefficient (Wildman–Crippen LogP) is 5.19. The fourth-order valence-corrected chi connectivity index (χ4v) is 3.39. The third-order valence-electron chi connectivity index (χ3n) is 4.49. The molecule has 1 aliphatic rings. The molecule has 0 spiro atoms. The summed E-state index contributed by atoms with van der Waals surface area (Å²) in [5.41, 5.74) is 1.50.